The Hall–Kier alpha value is -2.45. The first-order valence-electron chi connectivity index (χ1n) is 7.83. The summed E-state index contributed by atoms with van der Waals surface area (Å²) in [6.07, 6.45) is -4.73. The Morgan fingerprint density at radius 3 is 2.56 bits per heavy atom. The summed E-state index contributed by atoms with van der Waals surface area (Å²) in [5, 5.41) is 4.01. The molecule has 2 aliphatic rings. The average Bonchev–Trinajstić information content (AvgIpc) is 3.04. The molecule has 0 amide bonds. The lowest BCUT2D eigenvalue weighted by Gasteiger charge is -2.28. The number of hydrogen-bond donors (Lipinski definition) is 1. The summed E-state index contributed by atoms with van der Waals surface area (Å²) in [4.78, 5) is 10.9. The first kappa shape index (κ1) is 17.9. The second kappa shape index (κ2) is 6.61. The van der Waals surface area contributed by atoms with E-state index >= 15 is 0 Å². The summed E-state index contributed by atoms with van der Waals surface area (Å²) in [7, 11) is 0. The Bertz CT molecular complexity index is 958. The molecule has 2 heterocycles. The number of anilines is 2. The summed E-state index contributed by atoms with van der Waals surface area (Å²) in [5.74, 6) is 0.771. The first-order valence-corrected chi connectivity index (χ1v) is 8.59. The number of fused-ring (bicyclic) bond motifs is 3. The van der Waals surface area contributed by atoms with Gasteiger partial charge in [-0.25, -0.2) is 4.99 Å². The Kier molecular flexibility index (Phi) is 4.39. The maximum absolute atomic E-state index is 12.3. The predicted molar refractivity (Wildman–Crippen MR) is 100.0 cm³/mol. The van der Waals surface area contributed by atoms with E-state index in [1.807, 2.05) is 4.90 Å². The van der Waals surface area contributed by atoms with Crippen molar-refractivity contribution < 1.29 is 17.9 Å². The molecule has 2 aromatic rings. The number of aliphatic imine (C=N–C) groups is 2. The van der Waals surface area contributed by atoms with E-state index in [-0.39, 0.29) is 5.75 Å². The van der Waals surface area contributed by atoms with Crippen LogP contribution in [0.2, 0.25) is 10.0 Å². The fourth-order valence-electron chi connectivity index (χ4n) is 2.90. The van der Waals surface area contributed by atoms with Gasteiger partial charge in [0, 0.05) is 17.3 Å². The third-order valence-electron chi connectivity index (χ3n) is 3.91. The van der Waals surface area contributed by atoms with Crippen molar-refractivity contribution in [3.63, 3.8) is 0 Å². The van der Waals surface area contributed by atoms with Crippen LogP contribution in [0.15, 0.2) is 46.4 Å². The minimum atomic E-state index is -4.73. The van der Waals surface area contributed by atoms with Gasteiger partial charge in [-0.1, -0.05) is 23.2 Å². The monoisotopic (exact) mass is 414 g/mol. The number of alkyl halides is 3. The zero-order valence-electron chi connectivity index (χ0n) is 13.5. The van der Waals surface area contributed by atoms with Gasteiger partial charge in [-0.3, -0.25) is 4.99 Å². The largest absolute Gasteiger partial charge is 0.573 e. The number of nitrogens with zero attached hydrogens (tertiary/aromatic N) is 3. The molecule has 0 aromatic heterocycles. The number of amidine groups is 2. The molecule has 27 heavy (non-hydrogen) atoms. The normalized spacial score (nSPS) is 15.7. The maximum atomic E-state index is 12.3. The molecule has 140 valence electrons. The SMILES string of the molecule is FC(F)(F)Oc1ccc(NC2=Nc3cc(Cl)cc(Cl)c3N3CCN=C23)cc1. The predicted octanol–water partition coefficient (Wildman–Crippen LogP) is 5.27. The smallest absolute Gasteiger partial charge is 0.406 e. The van der Waals surface area contributed by atoms with E-state index in [2.05, 4.69) is 20.0 Å². The van der Waals surface area contributed by atoms with Gasteiger partial charge in [0.2, 0.25) is 0 Å². The van der Waals surface area contributed by atoms with Crippen molar-refractivity contribution in [2.75, 3.05) is 23.3 Å². The number of benzene rings is 2. The Morgan fingerprint density at radius 2 is 1.85 bits per heavy atom. The van der Waals surface area contributed by atoms with Crippen LogP contribution in [0.1, 0.15) is 0 Å². The van der Waals surface area contributed by atoms with Gasteiger partial charge in [0.05, 0.1) is 22.9 Å². The van der Waals surface area contributed by atoms with Crippen LogP contribution >= 0.6 is 23.2 Å². The van der Waals surface area contributed by atoms with Crippen LogP contribution in [0.4, 0.5) is 30.2 Å². The molecular formula is C17H11Cl2F3N4O. The zero-order valence-corrected chi connectivity index (χ0v) is 15.0. The molecule has 2 aliphatic heterocycles. The third kappa shape index (κ3) is 3.68. The minimum absolute atomic E-state index is 0.303. The van der Waals surface area contributed by atoms with E-state index in [0.29, 0.717) is 46.2 Å². The van der Waals surface area contributed by atoms with Crippen LogP contribution in [-0.2, 0) is 0 Å². The Balaban J connectivity index is 1.64. The Morgan fingerprint density at radius 1 is 1.11 bits per heavy atom. The summed E-state index contributed by atoms with van der Waals surface area (Å²) < 4.78 is 40.7. The van der Waals surface area contributed by atoms with Crippen LogP contribution in [0.5, 0.6) is 5.75 Å². The summed E-state index contributed by atoms with van der Waals surface area (Å²) in [6, 6.07) is 8.70. The number of hydrogen-bond acceptors (Lipinski definition) is 5. The molecule has 0 aliphatic carbocycles. The lowest BCUT2D eigenvalue weighted by atomic mass is 10.2. The average molecular weight is 415 g/mol. The van der Waals surface area contributed by atoms with Gasteiger partial charge >= 0.3 is 6.36 Å². The van der Waals surface area contributed by atoms with Gasteiger partial charge in [0.1, 0.15) is 5.75 Å². The molecule has 0 saturated carbocycles. The molecule has 0 bridgehead atoms. The highest BCUT2D eigenvalue weighted by Crippen LogP contribution is 2.42. The fourth-order valence-corrected chi connectivity index (χ4v) is 3.49. The van der Waals surface area contributed by atoms with Gasteiger partial charge < -0.3 is 15.0 Å². The topological polar surface area (TPSA) is 49.2 Å². The lowest BCUT2D eigenvalue weighted by molar-refractivity contribution is -0.274. The standard InChI is InChI=1S/C17H11Cl2F3N4O/c18-9-7-12(19)14-13(8-9)25-15(16-23-5-6-26(14)16)24-10-1-3-11(4-2-10)27-17(20,21)22/h1-4,7-8H,5-6H2,(H,24,25). The summed E-state index contributed by atoms with van der Waals surface area (Å²) >= 11 is 12.4. The highest BCUT2D eigenvalue weighted by Gasteiger charge is 2.32. The van der Waals surface area contributed by atoms with Gasteiger partial charge in [-0.15, -0.1) is 13.2 Å². The van der Waals surface area contributed by atoms with Crippen LogP contribution < -0.4 is 15.0 Å². The number of rotatable bonds is 2. The van der Waals surface area contributed by atoms with E-state index in [4.69, 9.17) is 23.2 Å². The molecule has 0 radical (unpaired) electrons. The highest BCUT2D eigenvalue weighted by molar-refractivity contribution is 6.52. The zero-order chi connectivity index (χ0) is 19.2. The molecule has 0 unspecified atom stereocenters. The van der Waals surface area contributed by atoms with Crippen LogP contribution in [0, 0.1) is 0 Å². The maximum Gasteiger partial charge on any atom is 0.573 e. The second-order valence-electron chi connectivity index (χ2n) is 5.77. The van der Waals surface area contributed by atoms with Gasteiger partial charge in [0.25, 0.3) is 0 Å². The molecule has 0 atom stereocenters. The van der Waals surface area contributed by atoms with Crippen molar-refractivity contribution >= 4 is 51.9 Å². The molecule has 1 N–H and O–H groups in total. The molecule has 4 rings (SSSR count). The molecule has 0 fully saturated rings. The molecule has 5 nitrogen and oxygen atoms in total. The van der Waals surface area contributed by atoms with Gasteiger partial charge in [0.15, 0.2) is 11.7 Å². The molecule has 2 aromatic carbocycles. The van der Waals surface area contributed by atoms with Gasteiger partial charge in [-0.05, 0) is 36.4 Å². The number of nitrogens with one attached hydrogen (secondary N) is 1. The van der Waals surface area contributed by atoms with Crippen LogP contribution in [0.25, 0.3) is 0 Å². The van der Waals surface area contributed by atoms with E-state index in [9.17, 15) is 13.2 Å². The van der Waals surface area contributed by atoms with E-state index in [0.717, 1.165) is 5.69 Å². The fraction of sp³-hybridized carbons (Fsp3) is 0.176. The van der Waals surface area contributed by atoms with Crippen LogP contribution in [-0.4, -0.2) is 31.1 Å². The van der Waals surface area contributed by atoms with E-state index < -0.39 is 6.36 Å². The first-order chi connectivity index (χ1) is 12.8. The summed E-state index contributed by atoms with van der Waals surface area (Å²) in [5.41, 5.74) is 1.86. The van der Waals surface area contributed by atoms with Crippen molar-refractivity contribution in [3.05, 3.63) is 46.4 Å². The van der Waals surface area contributed by atoms with Gasteiger partial charge in [-0.2, -0.15) is 0 Å². The molecule has 0 spiro atoms. The molecule has 0 saturated heterocycles. The van der Waals surface area contributed by atoms with Crippen molar-refractivity contribution in [1.29, 1.82) is 0 Å². The molecular weight excluding hydrogens is 404 g/mol. The lowest BCUT2D eigenvalue weighted by Crippen LogP contribution is -2.39. The summed E-state index contributed by atoms with van der Waals surface area (Å²) in [6.45, 7) is 1.22. The minimum Gasteiger partial charge on any atom is -0.406 e. The van der Waals surface area contributed by atoms with Crippen molar-refractivity contribution in [2.45, 2.75) is 6.36 Å². The van der Waals surface area contributed by atoms with Crippen molar-refractivity contribution in [3.8, 4) is 5.75 Å². The van der Waals surface area contributed by atoms with E-state index in [1.54, 1.807) is 12.1 Å². The number of ether oxygens (including phenoxy) is 1. The Labute approximate surface area is 162 Å². The van der Waals surface area contributed by atoms with E-state index in [1.165, 1.54) is 24.3 Å². The van der Waals surface area contributed by atoms with Crippen molar-refractivity contribution in [2.24, 2.45) is 9.98 Å². The molecule has 10 heteroatoms. The second-order valence-corrected chi connectivity index (χ2v) is 6.61. The third-order valence-corrected chi connectivity index (χ3v) is 4.42. The van der Waals surface area contributed by atoms with Crippen molar-refractivity contribution in [1.82, 2.24) is 0 Å². The quantitative estimate of drug-likeness (QED) is 0.728. The van der Waals surface area contributed by atoms with Crippen LogP contribution in [0.3, 0.4) is 0 Å². The number of halogens is 5. The highest BCUT2D eigenvalue weighted by atomic mass is 35.5.